The van der Waals surface area contributed by atoms with Gasteiger partial charge in [0.25, 0.3) is 0 Å². The van der Waals surface area contributed by atoms with E-state index in [0.717, 1.165) is 79.9 Å². The van der Waals surface area contributed by atoms with Gasteiger partial charge in [-0.15, -0.1) is 0 Å². The van der Waals surface area contributed by atoms with Crippen LogP contribution in [0, 0.1) is 5.92 Å². The van der Waals surface area contributed by atoms with Crippen molar-refractivity contribution < 1.29 is 14.3 Å². The summed E-state index contributed by atoms with van der Waals surface area (Å²) in [4.78, 5) is 21.8. The molecule has 2 aliphatic rings. The van der Waals surface area contributed by atoms with E-state index in [1.807, 2.05) is 43.5 Å². The topological polar surface area (TPSA) is 66.9 Å². The van der Waals surface area contributed by atoms with Crippen molar-refractivity contribution in [3.63, 3.8) is 0 Å². The third kappa shape index (κ3) is 7.93. The zero-order valence-electron chi connectivity index (χ0n) is 22.0. The van der Waals surface area contributed by atoms with Crippen molar-refractivity contribution in [2.24, 2.45) is 5.92 Å². The molecule has 7 nitrogen and oxygen atoms in total. The molecule has 1 aromatic heterocycles. The summed E-state index contributed by atoms with van der Waals surface area (Å²) in [5, 5.41) is 3.06. The molecule has 1 saturated heterocycles. The molecule has 1 amide bonds. The van der Waals surface area contributed by atoms with Crippen molar-refractivity contribution in [3.8, 4) is 22.6 Å². The standard InChI is InChI=1S/C29H42N4O3/c1-3-35-26-10-11-27(28(21-26)36-19-18-33-16-14-32(2)15-17-33)24-8-9-25(31-22-24)20-29(34)30-13-12-23-6-4-5-7-23/h8-11,21-23H,3-7,12-20H2,1-2H3,(H,30,34). The van der Waals surface area contributed by atoms with Crippen LogP contribution in [-0.2, 0) is 11.2 Å². The second-order valence-corrected chi connectivity index (χ2v) is 10.1. The quantitative estimate of drug-likeness (QED) is 0.481. The van der Waals surface area contributed by atoms with Crippen LogP contribution in [0.4, 0.5) is 0 Å². The Hall–Kier alpha value is -2.64. The summed E-state index contributed by atoms with van der Waals surface area (Å²) < 4.78 is 12.0. The Labute approximate surface area is 216 Å². The summed E-state index contributed by atoms with van der Waals surface area (Å²) in [6.45, 7) is 9.23. The highest BCUT2D eigenvalue weighted by Gasteiger charge is 2.16. The van der Waals surface area contributed by atoms with Crippen LogP contribution < -0.4 is 14.8 Å². The molecular formula is C29H42N4O3. The highest BCUT2D eigenvalue weighted by molar-refractivity contribution is 5.78. The van der Waals surface area contributed by atoms with Crippen molar-refractivity contribution in [2.45, 2.75) is 45.4 Å². The SMILES string of the molecule is CCOc1ccc(-c2ccc(CC(=O)NCCC3CCCC3)nc2)c(OCCN2CCN(C)CC2)c1. The first-order valence-corrected chi connectivity index (χ1v) is 13.6. The molecule has 2 fully saturated rings. The van der Waals surface area contributed by atoms with E-state index in [9.17, 15) is 4.79 Å². The molecule has 0 bridgehead atoms. The van der Waals surface area contributed by atoms with Crippen molar-refractivity contribution in [1.29, 1.82) is 0 Å². The number of carbonyl (C=O) groups excluding carboxylic acids is 1. The van der Waals surface area contributed by atoms with Crippen molar-refractivity contribution in [3.05, 3.63) is 42.2 Å². The lowest BCUT2D eigenvalue weighted by Crippen LogP contribution is -2.45. The van der Waals surface area contributed by atoms with Gasteiger partial charge in [-0.1, -0.05) is 31.7 Å². The molecule has 36 heavy (non-hydrogen) atoms. The van der Waals surface area contributed by atoms with Crippen LogP contribution in [0.15, 0.2) is 36.5 Å². The number of hydrogen-bond acceptors (Lipinski definition) is 6. The lowest BCUT2D eigenvalue weighted by molar-refractivity contribution is -0.120. The number of pyridine rings is 1. The molecule has 2 heterocycles. The van der Waals surface area contributed by atoms with Gasteiger partial charge in [-0.05, 0) is 44.5 Å². The highest BCUT2D eigenvalue weighted by atomic mass is 16.5. The molecule has 0 spiro atoms. The molecule has 7 heteroatoms. The maximum absolute atomic E-state index is 12.4. The van der Waals surface area contributed by atoms with Gasteiger partial charge in [0.15, 0.2) is 0 Å². The van der Waals surface area contributed by atoms with Crippen LogP contribution >= 0.6 is 0 Å². The van der Waals surface area contributed by atoms with Gasteiger partial charge in [0.05, 0.1) is 13.0 Å². The van der Waals surface area contributed by atoms with Gasteiger partial charge in [-0.25, -0.2) is 0 Å². The Kier molecular flexibility index (Phi) is 9.99. The second kappa shape index (κ2) is 13.6. The number of ether oxygens (including phenoxy) is 2. The first-order chi connectivity index (χ1) is 17.6. The lowest BCUT2D eigenvalue weighted by atomic mass is 10.0. The fourth-order valence-corrected chi connectivity index (χ4v) is 5.10. The predicted octanol–water partition coefficient (Wildman–Crippen LogP) is 4.01. The number of nitrogens with one attached hydrogen (secondary N) is 1. The average Bonchev–Trinajstić information content (AvgIpc) is 3.40. The van der Waals surface area contributed by atoms with E-state index in [1.54, 1.807) is 0 Å². The molecule has 0 unspecified atom stereocenters. The molecule has 1 N–H and O–H groups in total. The zero-order valence-corrected chi connectivity index (χ0v) is 22.0. The monoisotopic (exact) mass is 494 g/mol. The largest absolute Gasteiger partial charge is 0.494 e. The Morgan fingerprint density at radius 3 is 2.61 bits per heavy atom. The predicted molar refractivity (Wildman–Crippen MR) is 144 cm³/mol. The van der Waals surface area contributed by atoms with E-state index in [-0.39, 0.29) is 5.91 Å². The molecule has 2 aromatic rings. The minimum Gasteiger partial charge on any atom is -0.494 e. The number of piperazine rings is 1. The Balaban J connectivity index is 1.33. The van der Waals surface area contributed by atoms with Crippen LogP contribution in [-0.4, -0.2) is 80.2 Å². The number of carbonyl (C=O) groups is 1. The summed E-state index contributed by atoms with van der Waals surface area (Å²) in [5.41, 5.74) is 2.73. The van der Waals surface area contributed by atoms with E-state index in [2.05, 4.69) is 27.1 Å². The molecule has 4 rings (SSSR count). The van der Waals surface area contributed by atoms with E-state index >= 15 is 0 Å². The van der Waals surface area contributed by atoms with Gasteiger partial charge in [-0.2, -0.15) is 0 Å². The Morgan fingerprint density at radius 1 is 1.08 bits per heavy atom. The van der Waals surface area contributed by atoms with E-state index in [1.165, 1.54) is 25.7 Å². The van der Waals surface area contributed by atoms with E-state index < -0.39 is 0 Å². The summed E-state index contributed by atoms with van der Waals surface area (Å²) >= 11 is 0. The maximum Gasteiger partial charge on any atom is 0.226 e. The molecule has 1 aromatic carbocycles. The fraction of sp³-hybridized carbons (Fsp3) is 0.586. The molecule has 0 atom stereocenters. The molecule has 1 aliphatic carbocycles. The summed E-state index contributed by atoms with van der Waals surface area (Å²) in [6.07, 6.45) is 8.54. The number of amides is 1. The Morgan fingerprint density at radius 2 is 1.89 bits per heavy atom. The van der Waals surface area contributed by atoms with Crippen molar-refractivity contribution in [1.82, 2.24) is 20.1 Å². The summed E-state index contributed by atoms with van der Waals surface area (Å²) in [5.74, 6) is 2.43. The van der Waals surface area contributed by atoms with Crippen LogP contribution in [0.5, 0.6) is 11.5 Å². The molecule has 1 aliphatic heterocycles. The minimum absolute atomic E-state index is 0.0437. The van der Waals surface area contributed by atoms with Gasteiger partial charge in [0.1, 0.15) is 18.1 Å². The van der Waals surface area contributed by atoms with Gasteiger partial charge in [-0.3, -0.25) is 14.7 Å². The second-order valence-electron chi connectivity index (χ2n) is 10.1. The van der Waals surface area contributed by atoms with E-state index in [4.69, 9.17) is 9.47 Å². The minimum atomic E-state index is 0.0437. The number of hydrogen-bond donors (Lipinski definition) is 1. The number of rotatable bonds is 12. The fourth-order valence-electron chi connectivity index (χ4n) is 5.10. The number of nitrogens with zero attached hydrogens (tertiary/aromatic N) is 3. The normalized spacial score (nSPS) is 17.3. The molecule has 196 valence electrons. The average molecular weight is 495 g/mol. The van der Waals surface area contributed by atoms with Crippen molar-refractivity contribution >= 4 is 5.91 Å². The first kappa shape index (κ1) is 26.4. The highest BCUT2D eigenvalue weighted by Crippen LogP contribution is 2.33. The van der Waals surface area contributed by atoms with Crippen LogP contribution in [0.2, 0.25) is 0 Å². The van der Waals surface area contributed by atoms with Gasteiger partial charge >= 0.3 is 0 Å². The summed E-state index contributed by atoms with van der Waals surface area (Å²) in [7, 11) is 2.17. The van der Waals surface area contributed by atoms with Gasteiger partial charge in [0.2, 0.25) is 5.91 Å². The van der Waals surface area contributed by atoms with Crippen LogP contribution in [0.25, 0.3) is 11.1 Å². The lowest BCUT2D eigenvalue weighted by Gasteiger charge is -2.32. The Bertz CT molecular complexity index is 951. The molecule has 1 saturated carbocycles. The van der Waals surface area contributed by atoms with E-state index in [0.29, 0.717) is 19.6 Å². The number of likely N-dealkylation sites (N-methyl/N-ethyl adjacent to an activating group) is 1. The third-order valence-corrected chi connectivity index (χ3v) is 7.35. The molecular weight excluding hydrogens is 452 g/mol. The number of aromatic nitrogens is 1. The maximum atomic E-state index is 12.4. The number of benzene rings is 1. The van der Waals surface area contributed by atoms with Gasteiger partial charge in [0, 0.05) is 68.4 Å². The summed E-state index contributed by atoms with van der Waals surface area (Å²) in [6, 6.07) is 9.93. The first-order valence-electron chi connectivity index (χ1n) is 13.6. The third-order valence-electron chi connectivity index (χ3n) is 7.35. The zero-order chi connectivity index (χ0) is 25.2. The van der Waals surface area contributed by atoms with Crippen molar-refractivity contribution in [2.75, 3.05) is 59.5 Å². The van der Waals surface area contributed by atoms with Crippen LogP contribution in [0.3, 0.4) is 0 Å². The molecule has 0 radical (unpaired) electrons. The van der Waals surface area contributed by atoms with Gasteiger partial charge < -0.3 is 19.7 Å². The smallest absolute Gasteiger partial charge is 0.226 e. The van der Waals surface area contributed by atoms with Crippen LogP contribution in [0.1, 0.15) is 44.7 Å².